The number of aryl methyl sites for hydroxylation is 2. The van der Waals surface area contributed by atoms with Gasteiger partial charge in [0, 0.05) is 24.8 Å². The third kappa shape index (κ3) is 5.67. The average molecular weight is 367 g/mol. The summed E-state index contributed by atoms with van der Waals surface area (Å²) in [6, 6.07) is 15.1. The summed E-state index contributed by atoms with van der Waals surface area (Å²) < 4.78 is 20.3. The molecule has 3 rings (SSSR count). The number of aromatic nitrogens is 2. The third-order valence-electron chi connectivity index (χ3n) is 4.06. The summed E-state index contributed by atoms with van der Waals surface area (Å²) in [6.07, 6.45) is 2.75. The predicted octanol–water partition coefficient (Wildman–Crippen LogP) is 3.73. The zero-order valence-corrected chi connectivity index (χ0v) is 15.2. The minimum Gasteiger partial charge on any atom is -0.489 e. The standard InChI is InChI=1S/C21H22FN3O2/c1-16-11-14-25(24-16)13-2-12-23-21(26)18-5-3-17(4-6-18)15-27-20-9-7-19(22)8-10-20/h3-11,14H,2,12-13,15H2,1H3,(H,23,26). The molecule has 0 aliphatic heterocycles. The van der Waals surface area contributed by atoms with Crippen LogP contribution in [-0.4, -0.2) is 22.2 Å². The molecule has 1 heterocycles. The molecular formula is C21H22FN3O2. The normalized spacial score (nSPS) is 10.6. The molecule has 140 valence electrons. The number of benzene rings is 2. The first-order chi connectivity index (χ1) is 13.1. The molecule has 0 radical (unpaired) electrons. The molecule has 2 aromatic carbocycles. The summed E-state index contributed by atoms with van der Waals surface area (Å²) in [4.78, 5) is 12.2. The van der Waals surface area contributed by atoms with Crippen LogP contribution in [0.3, 0.4) is 0 Å². The van der Waals surface area contributed by atoms with Gasteiger partial charge in [0.2, 0.25) is 0 Å². The van der Waals surface area contributed by atoms with E-state index in [0.29, 0.717) is 24.5 Å². The highest BCUT2D eigenvalue weighted by Crippen LogP contribution is 2.14. The number of carbonyl (C=O) groups is 1. The maximum atomic E-state index is 12.9. The molecule has 0 aliphatic rings. The molecule has 0 fully saturated rings. The van der Waals surface area contributed by atoms with Crippen LogP contribution in [0.2, 0.25) is 0 Å². The Labute approximate surface area is 157 Å². The van der Waals surface area contributed by atoms with E-state index < -0.39 is 0 Å². The number of nitrogens with one attached hydrogen (secondary N) is 1. The zero-order valence-electron chi connectivity index (χ0n) is 15.2. The lowest BCUT2D eigenvalue weighted by atomic mass is 10.1. The molecule has 1 amide bonds. The highest BCUT2D eigenvalue weighted by molar-refractivity contribution is 5.94. The second kappa shape index (κ2) is 8.98. The fourth-order valence-electron chi connectivity index (χ4n) is 2.58. The van der Waals surface area contributed by atoms with Gasteiger partial charge in [-0.25, -0.2) is 4.39 Å². The van der Waals surface area contributed by atoms with Gasteiger partial charge in [-0.15, -0.1) is 0 Å². The highest BCUT2D eigenvalue weighted by atomic mass is 19.1. The van der Waals surface area contributed by atoms with Crippen molar-refractivity contribution in [1.29, 1.82) is 0 Å². The molecule has 0 atom stereocenters. The van der Waals surface area contributed by atoms with Gasteiger partial charge in [-0.05, 0) is 61.4 Å². The second-order valence-corrected chi connectivity index (χ2v) is 6.27. The van der Waals surface area contributed by atoms with Crippen molar-refractivity contribution in [3.63, 3.8) is 0 Å². The van der Waals surface area contributed by atoms with Crippen molar-refractivity contribution in [3.8, 4) is 5.75 Å². The van der Waals surface area contributed by atoms with Crippen molar-refractivity contribution in [1.82, 2.24) is 15.1 Å². The van der Waals surface area contributed by atoms with Crippen LogP contribution in [0, 0.1) is 12.7 Å². The topological polar surface area (TPSA) is 56.2 Å². The van der Waals surface area contributed by atoms with E-state index in [0.717, 1.165) is 24.2 Å². The quantitative estimate of drug-likeness (QED) is 0.617. The van der Waals surface area contributed by atoms with Gasteiger partial charge in [0.1, 0.15) is 18.2 Å². The molecule has 1 N–H and O–H groups in total. The summed E-state index contributed by atoms with van der Waals surface area (Å²) >= 11 is 0. The molecule has 0 spiro atoms. The van der Waals surface area contributed by atoms with Crippen molar-refractivity contribution in [2.75, 3.05) is 6.54 Å². The maximum Gasteiger partial charge on any atom is 0.251 e. The van der Waals surface area contributed by atoms with Crippen LogP contribution in [0.5, 0.6) is 5.75 Å². The van der Waals surface area contributed by atoms with Crippen molar-refractivity contribution >= 4 is 5.91 Å². The summed E-state index contributed by atoms with van der Waals surface area (Å²) in [5, 5.41) is 7.22. The van der Waals surface area contributed by atoms with Crippen LogP contribution in [0.4, 0.5) is 4.39 Å². The fourth-order valence-corrected chi connectivity index (χ4v) is 2.58. The lowest BCUT2D eigenvalue weighted by molar-refractivity contribution is 0.0952. The number of carbonyl (C=O) groups excluding carboxylic acids is 1. The van der Waals surface area contributed by atoms with E-state index in [1.165, 1.54) is 12.1 Å². The van der Waals surface area contributed by atoms with E-state index in [-0.39, 0.29) is 11.7 Å². The van der Waals surface area contributed by atoms with Gasteiger partial charge in [-0.2, -0.15) is 5.10 Å². The number of hydrogen-bond donors (Lipinski definition) is 1. The Balaban J connectivity index is 1.42. The van der Waals surface area contributed by atoms with Gasteiger partial charge in [0.15, 0.2) is 0 Å². The smallest absolute Gasteiger partial charge is 0.251 e. The van der Waals surface area contributed by atoms with Gasteiger partial charge >= 0.3 is 0 Å². The van der Waals surface area contributed by atoms with Crippen LogP contribution in [-0.2, 0) is 13.2 Å². The van der Waals surface area contributed by atoms with E-state index in [4.69, 9.17) is 4.74 Å². The molecule has 0 aliphatic carbocycles. The first-order valence-corrected chi connectivity index (χ1v) is 8.86. The summed E-state index contributed by atoms with van der Waals surface area (Å²) in [7, 11) is 0. The molecule has 0 saturated heterocycles. The van der Waals surface area contributed by atoms with Crippen LogP contribution in [0.1, 0.15) is 28.0 Å². The lowest BCUT2D eigenvalue weighted by Gasteiger charge is -2.08. The summed E-state index contributed by atoms with van der Waals surface area (Å²) in [5.41, 5.74) is 2.53. The Morgan fingerprint density at radius 1 is 1.11 bits per heavy atom. The van der Waals surface area contributed by atoms with Crippen molar-refractivity contribution in [3.05, 3.63) is 83.4 Å². The number of hydrogen-bond acceptors (Lipinski definition) is 3. The predicted molar refractivity (Wildman–Crippen MR) is 101 cm³/mol. The number of nitrogens with zero attached hydrogens (tertiary/aromatic N) is 2. The average Bonchev–Trinajstić information content (AvgIpc) is 3.10. The number of halogens is 1. The van der Waals surface area contributed by atoms with Gasteiger partial charge in [0.05, 0.1) is 5.69 Å². The number of rotatable bonds is 8. The highest BCUT2D eigenvalue weighted by Gasteiger charge is 2.05. The Morgan fingerprint density at radius 3 is 2.52 bits per heavy atom. The molecule has 6 heteroatoms. The van der Waals surface area contributed by atoms with Gasteiger partial charge < -0.3 is 10.1 Å². The van der Waals surface area contributed by atoms with E-state index in [9.17, 15) is 9.18 Å². The van der Waals surface area contributed by atoms with E-state index in [1.807, 2.05) is 36.0 Å². The number of ether oxygens (including phenoxy) is 1. The molecule has 1 aromatic heterocycles. The minimum atomic E-state index is -0.294. The van der Waals surface area contributed by atoms with E-state index in [2.05, 4.69) is 10.4 Å². The molecule has 3 aromatic rings. The van der Waals surface area contributed by atoms with Crippen molar-refractivity contribution < 1.29 is 13.9 Å². The molecule has 27 heavy (non-hydrogen) atoms. The minimum absolute atomic E-state index is 0.0994. The third-order valence-corrected chi connectivity index (χ3v) is 4.06. The monoisotopic (exact) mass is 367 g/mol. The van der Waals surface area contributed by atoms with Gasteiger partial charge in [0.25, 0.3) is 5.91 Å². The lowest BCUT2D eigenvalue weighted by Crippen LogP contribution is -2.25. The molecule has 0 bridgehead atoms. The SMILES string of the molecule is Cc1ccn(CCCNC(=O)c2ccc(COc3ccc(F)cc3)cc2)n1. The van der Waals surface area contributed by atoms with Crippen LogP contribution in [0.25, 0.3) is 0 Å². The Bertz CT molecular complexity index is 873. The fraction of sp³-hybridized carbons (Fsp3) is 0.238. The van der Waals surface area contributed by atoms with Crippen LogP contribution in [0.15, 0.2) is 60.8 Å². The van der Waals surface area contributed by atoms with Gasteiger partial charge in [-0.3, -0.25) is 9.48 Å². The largest absolute Gasteiger partial charge is 0.489 e. The molecular weight excluding hydrogens is 345 g/mol. The molecule has 0 saturated carbocycles. The summed E-state index contributed by atoms with van der Waals surface area (Å²) in [6.45, 7) is 3.67. The van der Waals surface area contributed by atoms with E-state index in [1.54, 1.807) is 24.3 Å². The van der Waals surface area contributed by atoms with Crippen molar-refractivity contribution in [2.45, 2.75) is 26.5 Å². The first-order valence-electron chi connectivity index (χ1n) is 8.86. The Morgan fingerprint density at radius 2 is 1.85 bits per heavy atom. The second-order valence-electron chi connectivity index (χ2n) is 6.27. The molecule has 5 nitrogen and oxygen atoms in total. The maximum absolute atomic E-state index is 12.9. The van der Waals surface area contributed by atoms with Crippen molar-refractivity contribution in [2.24, 2.45) is 0 Å². The first kappa shape index (κ1) is 18.6. The molecule has 0 unspecified atom stereocenters. The van der Waals surface area contributed by atoms with Crippen LogP contribution >= 0.6 is 0 Å². The van der Waals surface area contributed by atoms with E-state index >= 15 is 0 Å². The Hall–Kier alpha value is -3.15. The Kier molecular flexibility index (Phi) is 6.20. The number of amides is 1. The van der Waals surface area contributed by atoms with Crippen LogP contribution < -0.4 is 10.1 Å². The zero-order chi connectivity index (χ0) is 19.1. The van der Waals surface area contributed by atoms with Gasteiger partial charge in [-0.1, -0.05) is 12.1 Å². The summed E-state index contributed by atoms with van der Waals surface area (Å²) in [5.74, 6) is 0.209.